The lowest BCUT2D eigenvalue weighted by molar-refractivity contribution is -0.0504. The first kappa shape index (κ1) is 36.9. The number of halogens is 1. The largest absolute Gasteiger partial charge is 0.408 e. The summed E-state index contributed by atoms with van der Waals surface area (Å²) in [5.41, 5.74) is 5.31. The van der Waals surface area contributed by atoms with Crippen molar-refractivity contribution in [1.29, 1.82) is 0 Å². The first-order chi connectivity index (χ1) is 22.8. The molecule has 0 unspecified atom stereocenters. The predicted octanol–water partition coefficient (Wildman–Crippen LogP) is 3.69. The van der Waals surface area contributed by atoms with Gasteiger partial charge in [-0.1, -0.05) is 33.0 Å². The standard InChI is InChI=1S/C26H39FN8O9P2S2Si/c1-26(2,3)49(4,5)44-20-15-10-40-46(38,48)42-19-13(8-14(17(19)27)32-16-6-7-29-11-30-16)9-39-45(37,47)43-21(20)24(41-15)35-12-31-18-22(35)33-25(28)34-23(18)36/h6-7,11-15,17,19-21,24H,8-10H2,1-5H3,(H,37,47)(H,38,48)(H,29,30,32)(H3,28,33,34,36)/t13-,14-,15-,17-,19-,20-,21-,24-,45-,46-/m1/s1. The molecule has 1 saturated carbocycles. The number of thiol groups is 1. The fourth-order valence-corrected chi connectivity index (χ4v) is 10.1. The molecule has 0 amide bonds. The lowest BCUT2D eigenvalue weighted by Crippen LogP contribution is -2.50. The van der Waals surface area contributed by atoms with Crippen LogP contribution in [0.5, 0.6) is 0 Å². The SMILES string of the molecule is CC(C)(C)[Si](C)(C)O[C@H]1[C@H]2O[P@](O)(=S)OC[C@H]3C[C@@H](Nc4ccncn4)[C@@H](F)[C@@H]3O[P@](=O)(S)OC[C@H]1O[C@H]2n1cnc2c(=O)[nH]c(N)nc21. The van der Waals surface area contributed by atoms with Crippen LogP contribution in [0.2, 0.25) is 18.1 Å². The van der Waals surface area contributed by atoms with Crippen molar-refractivity contribution in [2.75, 3.05) is 24.3 Å². The summed E-state index contributed by atoms with van der Waals surface area (Å²) in [5, 5.41) is 2.71. The zero-order valence-corrected chi connectivity index (χ0v) is 31.7. The highest BCUT2D eigenvalue weighted by atomic mass is 32.7. The summed E-state index contributed by atoms with van der Waals surface area (Å²) in [6.07, 6.45) is -3.18. The van der Waals surface area contributed by atoms with E-state index in [0.29, 0.717) is 5.82 Å². The monoisotopic (exact) mass is 780 g/mol. The van der Waals surface area contributed by atoms with Gasteiger partial charge in [-0.25, -0.2) is 23.9 Å². The maximum absolute atomic E-state index is 16.0. The summed E-state index contributed by atoms with van der Waals surface area (Å²) in [5.74, 6) is -0.562. The van der Waals surface area contributed by atoms with Gasteiger partial charge < -0.3 is 29.6 Å². The number of rotatable bonds is 5. The Morgan fingerprint density at radius 2 is 2.00 bits per heavy atom. The van der Waals surface area contributed by atoms with Crippen LogP contribution in [-0.2, 0) is 43.6 Å². The Bertz CT molecular complexity index is 1840. The van der Waals surface area contributed by atoms with E-state index in [1.54, 1.807) is 6.07 Å². The molecule has 270 valence electrons. The minimum atomic E-state index is -4.27. The number of nitrogens with zero attached hydrogens (tertiary/aromatic N) is 5. The molecule has 0 aromatic carbocycles. The minimum absolute atomic E-state index is 0.0290. The van der Waals surface area contributed by atoms with E-state index < -0.39 is 82.8 Å². The second-order valence-electron chi connectivity index (χ2n) is 13.6. The summed E-state index contributed by atoms with van der Waals surface area (Å²) in [4.78, 5) is 42.9. The second kappa shape index (κ2) is 13.6. The van der Waals surface area contributed by atoms with Crippen LogP contribution in [0.1, 0.15) is 33.4 Å². The fraction of sp³-hybridized carbons (Fsp3) is 0.654. The van der Waals surface area contributed by atoms with E-state index in [1.165, 1.54) is 23.4 Å². The van der Waals surface area contributed by atoms with E-state index in [4.69, 9.17) is 44.8 Å². The molecule has 3 aromatic rings. The van der Waals surface area contributed by atoms with Gasteiger partial charge in [0.15, 0.2) is 25.7 Å². The summed E-state index contributed by atoms with van der Waals surface area (Å²) in [7, 11) is -2.63. The third kappa shape index (κ3) is 7.83. The number of aromatic nitrogens is 6. The number of nitrogens with two attached hydrogens (primary N) is 1. The van der Waals surface area contributed by atoms with E-state index in [0.717, 1.165) is 0 Å². The number of imidazole rings is 1. The third-order valence-corrected chi connectivity index (χ3v) is 16.9. The van der Waals surface area contributed by atoms with Crippen LogP contribution in [0.3, 0.4) is 0 Å². The van der Waals surface area contributed by atoms with E-state index in [-0.39, 0.29) is 35.2 Å². The molecule has 6 rings (SSSR count). The van der Waals surface area contributed by atoms with E-state index >= 15 is 4.39 Å². The predicted molar refractivity (Wildman–Crippen MR) is 186 cm³/mol. The number of anilines is 2. The van der Waals surface area contributed by atoms with Crippen molar-refractivity contribution in [2.45, 2.75) is 88.2 Å². The molecule has 3 fully saturated rings. The van der Waals surface area contributed by atoms with Gasteiger partial charge in [0.2, 0.25) is 5.95 Å². The van der Waals surface area contributed by atoms with Crippen LogP contribution >= 0.6 is 25.8 Å². The maximum atomic E-state index is 16.0. The first-order valence-electron chi connectivity index (χ1n) is 15.4. The molecule has 49 heavy (non-hydrogen) atoms. The van der Waals surface area contributed by atoms with Crippen molar-refractivity contribution >= 4 is 68.8 Å². The number of hydrogen-bond acceptors (Lipinski definition) is 15. The van der Waals surface area contributed by atoms with Crippen LogP contribution in [-0.4, -0.2) is 92.5 Å². The van der Waals surface area contributed by atoms with E-state index in [2.05, 4.69) is 42.5 Å². The van der Waals surface area contributed by atoms with Crippen molar-refractivity contribution in [2.24, 2.45) is 5.92 Å². The molecule has 17 nitrogen and oxygen atoms in total. The van der Waals surface area contributed by atoms with Crippen LogP contribution < -0.4 is 16.6 Å². The van der Waals surface area contributed by atoms with Gasteiger partial charge in [-0.2, -0.15) is 4.98 Å². The summed E-state index contributed by atoms with van der Waals surface area (Å²) in [6, 6.07) is 0.737. The number of ether oxygens (including phenoxy) is 1. The molecule has 5 heterocycles. The van der Waals surface area contributed by atoms with Crippen molar-refractivity contribution in [3.8, 4) is 0 Å². The highest BCUT2D eigenvalue weighted by molar-refractivity contribution is 8.44. The van der Waals surface area contributed by atoms with Gasteiger partial charge in [0.05, 0.1) is 25.6 Å². The Balaban J connectivity index is 1.37. The molecule has 10 atom stereocenters. The molecule has 0 spiro atoms. The van der Waals surface area contributed by atoms with Gasteiger partial charge in [0.25, 0.3) is 5.56 Å². The average Bonchev–Trinajstić information content (AvgIpc) is 3.65. The van der Waals surface area contributed by atoms with E-state index in [1.807, 2.05) is 33.9 Å². The molecule has 5 N–H and O–H groups in total. The molecule has 3 aliphatic rings. The third-order valence-electron chi connectivity index (χ3n) is 9.25. The second-order valence-corrected chi connectivity index (χ2v) is 24.1. The smallest absolute Gasteiger partial charge is 0.386 e. The van der Waals surface area contributed by atoms with Crippen molar-refractivity contribution in [3.05, 3.63) is 35.3 Å². The zero-order valence-electron chi connectivity index (χ0n) is 27.2. The summed E-state index contributed by atoms with van der Waals surface area (Å²) >= 11 is 9.72. The van der Waals surface area contributed by atoms with Crippen molar-refractivity contribution in [3.63, 3.8) is 0 Å². The average molecular weight is 781 g/mol. The highest BCUT2D eigenvalue weighted by Gasteiger charge is 2.55. The normalized spacial score (nSPS) is 36.1. The number of H-pyrrole nitrogens is 1. The minimum Gasteiger partial charge on any atom is -0.408 e. The Kier molecular flexibility index (Phi) is 10.2. The number of nitrogen functional groups attached to an aromatic ring is 1. The number of alkyl halides is 1. The van der Waals surface area contributed by atoms with Crippen molar-refractivity contribution < 1.29 is 41.1 Å². The highest BCUT2D eigenvalue weighted by Crippen LogP contribution is 2.59. The molecule has 23 heteroatoms. The first-order valence-corrected chi connectivity index (χ1v) is 23.6. The Hall–Kier alpha value is -1.87. The number of fused-ring (bicyclic) bond motifs is 4. The summed E-state index contributed by atoms with van der Waals surface area (Å²) < 4.78 is 68.0. The topological polar surface area (TPSA) is 220 Å². The Labute approximate surface area is 292 Å². The van der Waals surface area contributed by atoms with Gasteiger partial charge >= 0.3 is 13.5 Å². The Morgan fingerprint density at radius 3 is 2.69 bits per heavy atom. The van der Waals surface area contributed by atoms with Gasteiger partial charge in [-0.15, -0.1) is 0 Å². The quantitative estimate of drug-likeness (QED) is 0.142. The molecule has 2 aliphatic heterocycles. The molecule has 3 aromatic heterocycles. The van der Waals surface area contributed by atoms with Gasteiger partial charge in [-0.3, -0.25) is 27.9 Å². The number of hydrogen-bond donors (Lipinski definition) is 5. The molecule has 1 aliphatic carbocycles. The van der Waals surface area contributed by atoms with Crippen LogP contribution in [0, 0.1) is 5.92 Å². The van der Waals surface area contributed by atoms with Crippen LogP contribution in [0.25, 0.3) is 11.2 Å². The van der Waals surface area contributed by atoms with Crippen LogP contribution in [0.15, 0.2) is 29.7 Å². The van der Waals surface area contributed by atoms with Gasteiger partial charge in [0.1, 0.15) is 42.7 Å². The van der Waals surface area contributed by atoms with Crippen LogP contribution in [0.4, 0.5) is 16.2 Å². The Morgan fingerprint density at radius 1 is 1.24 bits per heavy atom. The number of nitrogens with one attached hydrogen (secondary N) is 2. The molecule has 2 saturated heterocycles. The van der Waals surface area contributed by atoms with Gasteiger partial charge in [0, 0.05) is 12.1 Å². The van der Waals surface area contributed by atoms with Gasteiger partial charge in [-0.05, 0) is 42.4 Å². The molecule has 2 bridgehead atoms. The summed E-state index contributed by atoms with van der Waals surface area (Å²) in [6.45, 7) is 0.952. The molecular weight excluding hydrogens is 741 g/mol. The lowest BCUT2D eigenvalue weighted by Gasteiger charge is -2.40. The van der Waals surface area contributed by atoms with Crippen molar-refractivity contribution in [1.82, 2.24) is 29.5 Å². The fourth-order valence-electron chi connectivity index (χ4n) is 5.78. The lowest BCUT2D eigenvalue weighted by atomic mass is 10.1. The number of aromatic amines is 1. The molecule has 0 radical (unpaired) electrons. The molecular formula is C26H39FN8O9P2S2Si. The van der Waals surface area contributed by atoms with E-state index in [9.17, 15) is 14.3 Å². The maximum Gasteiger partial charge on any atom is 0.386 e. The zero-order chi connectivity index (χ0) is 35.5.